The number of amides is 2. The van der Waals surface area contributed by atoms with Crippen molar-refractivity contribution in [1.82, 2.24) is 0 Å². The van der Waals surface area contributed by atoms with Gasteiger partial charge in [-0.15, -0.1) is 0 Å². The lowest BCUT2D eigenvalue weighted by Gasteiger charge is -2.25. The fourth-order valence-corrected chi connectivity index (χ4v) is 2.61. The molecule has 3 nitrogen and oxygen atoms in total. The topological polar surface area (TPSA) is 41.1 Å². The molecule has 1 aliphatic rings. The van der Waals surface area contributed by atoms with Crippen LogP contribution in [0.25, 0.3) is 0 Å². The third-order valence-electron chi connectivity index (χ3n) is 3.87. The third kappa shape index (κ3) is 3.37. The molecule has 108 valence electrons. The van der Waals surface area contributed by atoms with Crippen molar-refractivity contribution >= 4 is 29.0 Å². The fourth-order valence-electron chi connectivity index (χ4n) is 2.43. The molecular weight excluding hydrogens is 284 g/mol. The van der Waals surface area contributed by atoms with Gasteiger partial charge in [-0.25, -0.2) is 4.79 Å². The number of benzene rings is 2. The molecule has 0 bridgehead atoms. The first-order valence-corrected chi connectivity index (χ1v) is 7.52. The summed E-state index contributed by atoms with van der Waals surface area (Å²) in [5.74, 6) is 0.705. The number of carbonyl (C=O) groups is 1. The van der Waals surface area contributed by atoms with Gasteiger partial charge >= 0.3 is 6.03 Å². The van der Waals surface area contributed by atoms with E-state index in [1.54, 1.807) is 12.1 Å². The first-order valence-electron chi connectivity index (χ1n) is 7.15. The number of para-hydroxylation sites is 1. The molecule has 4 heteroatoms. The predicted octanol–water partition coefficient (Wildman–Crippen LogP) is 5.25. The molecule has 1 saturated carbocycles. The number of anilines is 2. The molecule has 2 amide bonds. The van der Waals surface area contributed by atoms with Crippen LogP contribution in [0.3, 0.4) is 0 Å². The maximum Gasteiger partial charge on any atom is 0.323 e. The summed E-state index contributed by atoms with van der Waals surface area (Å²) in [6.45, 7) is 0. The van der Waals surface area contributed by atoms with Crippen molar-refractivity contribution in [3.63, 3.8) is 0 Å². The van der Waals surface area contributed by atoms with E-state index in [1.165, 1.54) is 24.8 Å². The maximum atomic E-state index is 11.9. The monoisotopic (exact) mass is 300 g/mol. The molecule has 0 radical (unpaired) electrons. The number of urea groups is 1. The third-order valence-corrected chi connectivity index (χ3v) is 4.20. The van der Waals surface area contributed by atoms with Crippen molar-refractivity contribution in [3.05, 3.63) is 59.1 Å². The lowest BCUT2D eigenvalue weighted by molar-refractivity contribution is 0.262. The summed E-state index contributed by atoms with van der Waals surface area (Å²) in [4.78, 5) is 11.9. The predicted molar refractivity (Wildman–Crippen MR) is 87.1 cm³/mol. The maximum absolute atomic E-state index is 11.9. The van der Waals surface area contributed by atoms with Crippen molar-refractivity contribution in [2.24, 2.45) is 0 Å². The van der Waals surface area contributed by atoms with Gasteiger partial charge in [-0.05, 0) is 48.6 Å². The zero-order valence-electron chi connectivity index (χ0n) is 11.6. The molecule has 21 heavy (non-hydrogen) atoms. The van der Waals surface area contributed by atoms with E-state index in [0.29, 0.717) is 16.6 Å². The largest absolute Gasteiger partial charge is 0.323 e. The van der Waals surface area contributed by atoms with Crippen LogP contribution in [0.15, 0.2) is 48.5 Å². The van der Waals surface area contributed by atoms with E-state index in [4.69, 9.17) is 11.6 Å². The van der Waals surface area contributed by atoms with Crippen LogP contribution in [-0.4, -0.2) is 6.03 Å². The van der Waals surface area contributed by atoms with E-state index in [1.807, 2.05) is 24.3 Å². The van der Waals surface area contributed by atoms with E-state index in [-0.39, 0.29) is 6.03 Å². The molecule has 0 aliphatic heterocycles. The Morgan fingerprint density at radius 3 is 2.33 bits per heavy atom. The number of hydrogen-bond acceptors (Lipinski definition) is 1. The van der Waals surface area contributed by atoms with E-state index in [9.17, 15) is 4.79 Å². The van der Waals surface area contributed by atoms with Gasteiger partial charge in [0.25, 0.3) is 0 Å². The van der Waals surface area contributed by atoms with Crippen LogP contribution < -0.4 is 10.6 Å². The van der Waals surface area contributed by atoms with Crippen LogP contribution in [0.1, 0.15) is 30.7 Å². The molecule has 0 unspecified atom stereocenters. The molecule has 3 rings (SSSR count). The van der Waals surface area contributed by atoms with Gasteiger partial charge in [-0.2, -0.15) is 0 Å². The lowest BCUT2D eigenvalue weighted by atomic mass is 9.80. The Hall–Kier alpha value is -2.00. The van der Waals surface area contributed by atoms with E-state index in [2.05, 4.69) is 22.8 Å². The number of hydrogen-bond donors (Lipinski definition) is 2. The molecule has 1 aliphatic carbocycles. The van der Waals surface area contributed by atoms with Crippen LogP contribution in [-0.2, 0) is 0 Å². The highest BCUT2D eigenvalue weighted by Crippen LogP contribution is 2.36. The lowest BCUT2D eigenvalue weighted by Crippen LogP contribution is -2.19. The highest BCUT2D eigenvalue weighted by Gasteiger charge is 2.19. The van der Waals surface area contributed by atoms with Crippen LogP contribution in [0.4, 0.5) is 16.2 Å². The Morgan fingerprint density at radius 2 is 1.71 bits per heavy atom. The fraction of sp³-hybridized carbons (Fsp3) is 0.235. The molecule has 0 saturated heterocycles. The highest BCUT2D eigenvalue weighted by molar-refractivity contribution is 6.33. The van der Waals surface area contributed by atoms with Crippen LogP contribution in [0.2, 0.25) is 5.02 Å². The second kappa shape index (κ2) is 6.19. The number of carbonyl (C=O) groups excluding carboxylic acids is 1. The Morgan fingerprint density at radius 1 is 1.00 bits per heavy atom. The van der Waals surface area contributed by atoms with Crippen LogP contribution in [0.5, 0.6) is 0 Å². The van der Waals surface area contributed by atoms with Crippen molar-refractivity contribution in [1.29, 1.82) is 0 Å². The Balaban J connectivity index is 1.60. The zero-order valence-corrected chi connectivity index (χ0v) is 12.4. The number of halogens is 1. The smallest absolute Gasteiger partial charge is 0.308 e. The normalized spacial score (nSPS) is 14.3. The molecule has 2 aromatic carbocycles. The van der Waals surface area contributed by atoms with Crippen molar-refractivity contribution in [2.45, 2.75) is 25.2 Å². The molecule has 0 atom stereocenters. The van der Waals surface area contributed by atoms with Crippen molar-refractivity contribution < 1.29 is 4.79 Å². The van der Waals surface area contributed by atoms with Crippen LogP contribution in [0, 0.1) is 0 Å². The second-order valence-corrected chi connectivity index (χ2v) is 5.72. The molecule has 0 aromatic heterocycles. The molecular formula is C17H17ClN2O. The molecule has 2 aromatic rings. The molecule has 2 N–H and O–H groups in total. The number of rotatable bonds is 3. The summed E-state index contributed by atoms with van der Waals surface area (Å²) >= 11 is 6.01. The SMILES string of the molecule is O=C(Nc1ccc(C2CCC2)cc1)Nc1ccccc1Cl. The van der Waals surface area contributed by atoms with E-state index >= 15 is 0 Å². The van der Waals surface area contributed by atoms with E-state index < -0.39 is 0 Å². The summed E-state index contributed by atoms with van der Waals surface area (Å²) < 4.78 is 0. The minimum atomic E-state index is -0.292. The van der Waals surface area contributed by atoms with Gasteiger partial charge in [0.05, 0.1) is 10.7 Å². The minimum absolute atomic E-state index is 0.292. The standard InChI is InChI=1S/C17H17ClN2O/c18-15-6-1-2-7-16(15)20-17(21)19-14-10-8-13(9-11-14)12-4-3-5-12/h1-2,6-12H,3-5H2,(H2,19,20,21). The van der Waals surface area contributed by atoms with Gasteiger partial charge in [-0.1, -0.05) is 42.3 Å². The van der Waals surface area contributed by atoms with Gasteiger partial charge in [0, 0.05) is 5.69 Å². The Bertz CT molecular complexity index is 635. The van der Waals surface area contributed by atoms with Gasteiger partial charge < -0.3 is 10.6 Å². The minimum Gasteiger partial charge on any atom is -0.308 e. The summed E-state index contributed by atoms with van der Waals surface area (Å²) in [5, 5.41) is 6.07. The second-order valence-electron chi connectivity index (χ2n) is 5.31. The Kier molecular flexibility index (Phi) is 4.11. The first-order chi connectivity index (χ1) is 10.2. The molecule has 0 heterocycles. The van der Waals surface area contributed by atoms with Crippen LogP contribution >= 0.6 is 11.6 Å². The molecule has 1 fully saturated rings. The summed E-state index contributed by atoms with van der Waals surface area (Å²) in [7, 11) is 0. The van der Waals surface area contributed by atoms with Gasteiger partial charge in [-0.3, -0.25) is 0 Å². The van der Waals surface area contributed by atoms with Gasteiger partial charge in [0.2, 0.25) is 0 Å². The Labute approximate surface area is 129 Å². The van der Waals surface area contributed by atoms with Crippen molar-refractivity contribution in [2.75, 3.05) is 10.6 Å². The van der Waals surface area contributed by atoms with Gasteiger partial charge in [0.15, 0.2) is 0 Å². The average Bonchev–Trinajstić information content (AvgIpc) is 2.42. The highest BCUT2D eigenvalue weighted by atomic mass is 35.5. The summed E-state index contributed by atoms with van der Waals surface area (Å²) in [6, 6.07) is 14.9. The summed E-state index contributed by atoms with van der Waals surface area (Å²) in [5.41, 5.74) is 2.74. The zero-order chi connectivity index (χ0) is 14.7. The number of nitrogens with one attached hydrogen (secondary N) is 2. The van der Waals surface area contributed by atoms with Gasteiger partial charge in [0.1, 0.15) is 0 Å². The summed E-state index contributed by atoms with van der Waals surface area (Å²) in [6.07, 6.45) is 3.88. The average molecular weight is 301 g/mol. The quantitative estimate of drug-likeness (QED) is 0.798. The molecule has 0 spiro atoms. The first kappa shape index (κ1) is 14.0. The van der Waals surface area contributed by atoms with E-state index in [0.717, 1.165) is 5.69 Å². The van der Waals surface area contributed by atoms with Crippen molar-refractivity contribution in [3.8, 4) is 0 Å².